The van der Waals surface area contributed by atoms with Crippen LogP contribution in [0, 0.1) is 52.4 Å². The Morgan fingerprint density at radius 3 is 0.783 bits per heavy atom. The molecule has 7 nitrogen and oxygen atoms in total. The van der Waals surface area contributed by atoms with E-state index in [1.54, 1.807) is 24.3 Å². The summed E-state index contributed by atoms with van der Waals surface area (Å²) in [6.07, 6.45) is 0. The highest BCUT2D eigenvalue weighted by molar-refractivity contribution is 5.91. The van der Waals surface area contributed by atoms with Crippen LogP contribution in [0.3, 0.4) is 0 Å². The van der Waals surface area contributed by atoms with Gasteiger partial charge in [0.15, 0.2) is 81.5 Å². The molecule has 10 aromatic carbocycles. The molecule has 1 aliphatic heterocycles. The average molecular weight is 1110 g/mol. The van der Waals surface area contributed by atoms with Gasteiger partial charge in [0.1, 0.15) is 5.69 Å². The fourth-order valence-electron chi connectivity index (χ4n) is 10.8. The van der Waals surface area contributed by atoms with Crippen LogP contribution in [0.4, 0.5) is 56.6 Å². The molecule has 0 amide bonds. The summed E-state index contributed by atoms with van der Waals surface area (Å²) in [4.78, 5) is 30.3. The lowest BCUT2D eigenvalue weighted by molar-refractivity contribution is 0.379. The van der Waals surface area contributed by atoms with Gasteiger partial charge in [0, 0.05) is 33.4 Å². The second-order valence-corrected chi connectivity index (χ2v) is 19.3. The van der Waals surface area contributed by atoms with E-state index in [9.17, 15) is 13.2 Å². The van der Waals surface area contributed by atoms with Gasteiger partial charge < -0.3 is 4.90 Å². The molecular weight excluding hydrogens is 1070 g/mol. The van der Waals surface area contributed by atoms with E-state index in [-0.39, 0.29) is 11.4 Å². The lowest BCUT2D eigenvalue weighted by Gasteiger charge is -2.46. The van der Waals surface area contributed by atoms with Crippen molar-refractivity contribution in [2.45, 2.75) is 5.41 Å². The molecule has 0 saturated heterocycles. The summed E-state index contributed by atoms with van der Waals surface area (Å²) in [5.74, 6) is -20.1. The molecule has 0 unspecified atom stereocenters. The summed E-state index contributed by atoms with van der Waals surface area (Å²) >= 11 is 0. The third kappa shape index (κ3) is 8.65. The Kier molecular flexibility index (Phi) is 13.0. The minimum Gasteiger partial charge on any atom is -0.304 e. The second-order valence-electron chi connectivity index (χ2n) is 19.3. The lowest BCUT2D eigenvalue weighted by atomic mass is 9.62. The number of halogens is 9. The zero-order valence-electron chi connectivity index (χ0n) is 42.8. The molecule has 83 heavy (non-hydrogen) atoms. The maximum absolute atomic E-state index is 17.1. The zero-order chi connectivity index (χ0) is 57.1. The van der Waals surface area contributed by atoms with Crippen LogP contribution < -0.4 is 4.90 Å². The van der Waals surface area contributed by atoms with Gasteiger partial charge in [-0.05, 0) is 34.4 Å². The fraction of sp³-hybridized carbons (Fsp3) is 0.0149. The molecule has 0 atom stereocenters. The first-order chi connectivity index (χ1) is 40.4. The number of para-hydroxylation sites is 2. The summed E-state index contributed by atoms with van der Waals surface area (Å²) in [7, 11) is 0. The highest BCUT2D eigenvalue weighted by atomic mass is 19.2. The first kappa shape index (κ1) is 51.8. The van der Waals surface area contributed by atoms with Gasteiger partial charge in [-0.15, -0.1) is 0 Å². The minimum absolute atomic E-state index is 0.0186. The topological polar surface area (TPSA) is 80.6 Å². The normalized spacial score (nSPS) is 12.5. The number of hydrogen-bond donors (Lipinski definition) is 0. The van der Waals surface area contributed by atoms with Crippen LogP contribution >= 0.6 is 0 Å². The Bertz CT molecular complexity index is 4090. The minimum atomic E-state index is -2.66. The quantitative estimate of drug-likeness (QED) is 0.0767. The fourth-order valence-corrected chi connectivity index (χ4v) is 10.8. The van der Waals surface area contributed by atoms with E-state index < -0.39 is 74.6 Å². The average Bonchev–Trinajstić information content (AvgIpc) is 2.98. The number of hydrogen-bond acceptors (Lipinski definition) is 7. The smallest absolute Gasteiger partial charge is 0.200 e. The van der Waals surface area contributed by atoms with Gasteiger partial charge >= 0.3 is 0 Å². The van der Waals surface area contributed by atoms with Crippen molar-refractivity contribution in [3.05, 3.63) is 293 Å². The Hall–Kier alpha value is -10.6. The Morgan fingerprint density at radius 2 is 0.482 bits per heavy atom. The van der Waals surface area contributed by atoms with E-state index in [4.69, 9.17) is 29.9 Å². The number of rotatable bonds is 10. The van der Waals surface area contributed by atoms with E-state index in [0.29, 0.717) is 68.3 Å². The van der Waals surface area contributed by atoms with Crippen molar-refractivity contribution < 1.29 is 39.5 Å². The van der Waals surface area contributed by atoms with Crippen molar-refractivity contribution in [1.82, 2.24) is 29.9 Å². The standard InChI is InChI=1S/C67H36F9N7/c68-51-49(52(69)56(73)57(74)55(51)72)50-53(70)58(75)60(59(76)54(50)71)83-47-27-15-13-25-45(47)67(46-26-14-16-28-48(46)83,43-33-29-41(30-34-43)65-79-61(37-17-5-1-6-18-37)77-62(80-65)38-19-7-2-8-20-38)44-35-31-42(32-36-44)66-81-63(39-21-9-3-10-22-39)78-64(82-66)40-23-11-4-12-24-40/h1-36H. The van der Waals surface area contributed by atoms with Crippen LogP contribution in [0.1, 0.15) is 22.3 Å². The third-order valence-electron chi connectivity index (χ3n) is 14.6. The molecule has 0 aliphatic carbocycles. The van der Waals surface area contributed by atoms with E-state index >= 15 is 26.3 Å². The van der Waals surface area contributed by atoms with E-state index in [1.807, 2.05) is 170 Å². The van der Waals surface area contributed by atoms with Crippen LogP contribution in [0.2, 0.25) is 0 Å². The molecule has 13 rings (SSSR count). The van der Waals surface area contributed by atoms with Crippen molar-refractivity contribution in [2.75, 3.05) is 4.90 Å². The van der Waals surface area contributed by atoms with E-state index in [2.05, 4.69) is 0 Å². The molecule has 0 radical (unpaired) electrons. The maximum Gasteiger partial charge on any atom is 0.200 e. The van der Waals surface area contributed by atoms with Crippen molar-refractivity contribution in [1.29, 1.82) is 0 Å². The summed E-state index contributed by atoms with van der Waals surface area (Å²) in [6.45, 7) is 0. The number of anilines is 3. The van der Waals surface area contributed by atoms with Gasteiger partial charge in [-0.25, -0.2) is 69.4 Å². The van der Waals surface area contributed by atoms with Gasteiger partial charge in [0.05, 0.1) is 27.9 Å². The number of aromatic nitrogens is 6. The van der Waals surface area contributed by atoms with Gasteiger partial charge in [-0.2, -0.15) is 0 Å². The van der Waals surface area contributed by atoms with Crippen molar-refractivity contribution in [3.63, 3.8) is 0 Å². The molecular formula is C67H36F9N7. The highest BCUT2D eigenvalue weighted by Crippen LogP contribution is 2.59. The second kappa shape index (κ2) is 20.8. The number of nitrogens with zero attached hydrogens (tertiary/aromatic N) is 7. The molecule has 16 heteroatoms. The lowest BCUT2D eigenvalue weighted by Crippen LogP contribution is -2.38. The molecule has 0 N–H and O–H groups in total. The summed E-state index contributed by atoms with van der Waals surface area (Å²) in [6, 6.07) is 65.1. The predicted octanol–water partition coefficient (Wildman–Crippen LogP) is 17.1. The van der Waals surface area contributed by atoms with E-state index in [1.165, 1.54) is 24.3 Å². The molecule has 12 aromatic rings. The third-order valence-corrected chi connectivity index (χ3v) is 14.6. The van der Waals surface area contributed by atoms with E-state index in [0.717, 1.165) is 27.2 Å². The van der Waals surface area contributed by atoms with Crippen LogP contribution in [0.25, 0.3) is 79.5 Å². The summed E-state index contributed by atoms with van der Waals surface area (Å²) in [5, 5.41) is 0. The van der Waals surface area contributed by atoms with Crippen molar-refractivity contribution in [2.24, 2.45) is 0 Å². The predicted molar refractivity (Wildman–Crippen MR) is 297 cm³/mol. The molecule has 0 spiro atoms. The van der Waals surface area contributed by atoms with Gasteiger partial charge in [-0.3, -0.25) is 0 Å². The van der Waals surface area contributed by atoms with Crippen molar-refractivity contribution >= 4 is 17.1 Å². The molecule has 0 bridgehead atoms. The number of benzene rings is 10. The maximum atomic E-state index is 17.1. The molecule has 1 aliphatic rings. The largest absolute Gasteiger partial charge is 0.304 e. The molecule has 0 saturated carbocycles. The van der Waals surface area contributed by atoms with Crippen LogP contribution in [-0.2, 0) is 5.41 Å². The molecule has 2 aromatic heterocycles. The highest BCUT2D eigenvalue weighted by Gasteiger charge is 2.48. The van der Waals surface area contributed by atoms with Gasteiger partial charge in [-0.1, -0.05) is 206 Å². The first-order valence-corrected chi connectivity index (χ1v) is 25.7. The molecule has 402 valence electrons. The molecule has 3 heterocycles. The van der Waals surface area contributed by atoms with Crippen LogP contribution in [-0.4, -0.2) is 29.9 Å². The monoisotopic (exact) mass is 1110 g/mol. The van der Waals surface area contributed by atoms with Gasteiger partial charge in [0.25, 0.3) is 0 Å². The zero-order valence-corrected chi connectivity index (χ0v) is 42.8. The summed E-state index contributed by atoms with van der Waals surface area (Å²) in [5.41, 5.74) is -1.30. The number of fused-ring (bicyclic) bond motifs is 2. The van der Waals surface area contributed by atoms with Crippen LogP contribution in [0.15, 0.2) is 218 Å². The molecule has 0 fully saturated rings. The Morgan fingerprint density at radius 1 is 0.241 bits per heavy atom. The Labute approximate surface area is 467 Å². The van der Waals surface area contributed by atoms with Gasteiger partial charge in [0.2, 0.25) is 5.82 Å². The first-order valence-electron chi connectivity index (χ1n) is 25.7. The van der Waals surface area contributed by atoms with Crippen LogP contribution in [0.5, 0.6) is 0 Å². The SMILES string of the molecule is Fc1c(F)c(F)c(-c2c(F)c(F)c(N3c4ccccc4C(c4ccc(-c5nc(-c6ccccc6)nc(-c6ccccc6)n5)cc4)(c4ccc(-c5nc(-c6ccccc6)nc(-c6ccccc6)n5)cc4)c4ccccc43)c(F)c2F)c(F)c1F. The summed E-state index contributed by atoms with van der Waals surface area (Å²) < 4.78 is 141. The van der Waals surface area contributed by atoms with Crippen molar-refractivity contribution in [3.8, 4) is 79.5 Å². The Balaban J connectivity index is 1.03.